The number of hydrogen-bond acceptors (Lipinski definition) is 6. The minimum Gasteiger partial charge on any atom is -0.492 e. The van der Waals surface area contributed by atoms with Crippen LogP contribution in [0.3, 0.4) is 0 Å². The average molecular weight is 440 g/mol. The lowest BCUT2D eigenvalue weighted by molar-refractivity contribution is -0.131. The number of anilines is 1. The van der Waals surface area contributed by atoms with Crippen molar-refractivity contribution in [3.8, 4) is 5.75 Å². The number of aliphatic imine (C=N–C) groups is 1. The number of piperazine rings is 1. The Bertz CT molecular complexity index is 840. The van der Waals surface area contributed by atoms with E-state index in [-0.39, 0.29) is 5.91 Å². The van der Waals surface area contributed by atoms with Crippen LogP contribution in [-0.2, 0) is 4.79 Å². The van der Waals surface area contributed by atoms with E-state index in [1.807, 2.05) is 54.1 Å². The maximum Gasteiger partial charge on any atom is 0.225 e. The van der Waals surface area contributed by atoms with E-state index in [1.165, 1.54) is 0 Å². The number of nitrogens with one attached hydrogen (secondary N) is 1. The number of aromatic nitrogens is 2. The molecular weight excluding hydrogens is 406 g/mol. The fourth-order valence-electron chi connectivity index (χ4n) is 3.42. The normalized spacial score (nSPS) is 14.2. The van der Waals surface area contributed by atoms with Gasteiger partial charge < -0.3 is 24.8 Å². The smallest absolute Gasteiger partial charge is 0.225 e. The van der Waals surface area contributed by atoms with Gasteiger partial charge in [0.05, 0.1) is 13.1 Å². The van der Waals surface area contributed by atoms with Gasteiger partial charge in [-0.3, -0.25) is 9.79 Å². The Hall–Kier alpha value is -3.36. The zero-order valence-corrected chi connectivity index (χ0v) is 19.0. The molecule has 9 nitrogen and oxygen atoms in total. The summed E-state index contributed by atoms with van der Waals surface area (Å²) in [5, 5.41) is 3.28. The van der Waals surface area contributed by atoms with E-state index >= 15 is 0 Å². The van der Waals surface area contributed by atoms with Gasteiger partial charge in [0.15, 0.2) is 5.96 Å². The molecule has 3 rings (SSSR count). The Balaban J connectivity index is 1.41. The lowest BCUT2D eigenvalue weighted by atomic mass is 10.3. The second-order valence-corrected chi connectivity index (χ2v) is 7.49. The standard InChI is InChI=1S/C23H33N7O2/c1-3-24-22(28(2)18-19-32-20-8-5-4-6-9-20)27-13-10-21(31)29-14-16-30(17-15-29)23-25-11-7-12-26-23/h4-9,11-12H,3,10,13-19H2,1-2H3,(H,24,27). The fourth-order valence-corrected chi connectivity index (χ4v) is 3.42. The van der Waals surface area contributed by atoms with Gasteiger partial charge in [-0.1, -0.05) is 18.2 Å². The van der Waals surface area contributed by atoms with Crippen LogP contribution in [0.4, 0.5) is 5.95 Å². The maximum absolute atomic E-state index is 12.6. The Kier molecular flexibility index (Phi) is 9.09. The van der Waals surface area contributed by atoms with Gasteiger partial charge in [-0.05, 0) is 25.1 Å². The first-order valence-corrected chi connectivity index (χ1v) is 11.1. The Labute approximate surface area is 190 Å². The number of rotatable bonds is 9. The molecule has 0 unspecified atom stereocenters. The molecule has 0 bridgehead atoms. The van der Waals surface area contributed by atoms with Crippen LogP contribution in [0.5, 0.6) is 5.75 Å². The van der Waals surface area contributed by atoms with Crippen LogP contribution in [0.15, 0.2) is 53.8 Å². The second-order valence-electron chi connectivity index (χ2n) is 7.49. The molecule has 1 amide bonds. The van der Waals surface area contributed by atoms with Crippen LogP contribution in [-0.4, -0.2) is 91.1 Å². The lowest BCUT2D eigenvalue weighted by Crippen LogP contribution is -2.49. The summed E-state index contributed by atoms with van der Waals surface area (Å²) in [6, 6.07) is 11.6. The number of nitrogens with zero attached hydrogens (tertiary/aromatic N) is 6. The topological polar surface area (TPSA) is 86.2 Å². The predicted octanol–water partition coefficient (Wildman–Crippen LogP) is 1.49. The van der Waals surface area contributed by atoms with Crippen molar-refractivity contribution in [3.05, 3.63) is 48.8 Å². The Morgan fingerprint density at radius 3 is 2.53 bits per heavy atom. The predicted molar refractivity (Wildman–Crippen MR) is 126 cm³/mol. The molecule has 0 aliphatic carbocycles. The number of amides is 1. The van der Waals surface area contributed by atoms with Crippen LogP contribution in [0.1, 0.15) is 13.3 Å². The molecule has 1 saturated heterocycles. The molecule has 1 aliphatic heterocycles. The highest BCUT2D eigenvalue weighted by atomic mass is 16.5. The average Bonchev–Trinajstić information content (AvgIpc) is 2.84. The molecule has 2 aromatic rings. The maximum atomic E-state index is 12.6. The first-order valence-electron chi connectivity index (χ1n) is 11.1. The molecule has 0 radical (unpaired) electrons. The van der Waals surface area contributed by atoms with Crippen molar-refractivity contribution in [2.45, 2.75) is 13.3 Å². The summed E-state index contributed by atoms with van der Waals surface area (Å²) in [7, 11) is 1.97. The molecule has 32 heavy (non-hydrogen) atoms. The van der Waals surface area contributed by atoms with Crippen molar-refractivity contribution >= 4 is 17.8 Å². The molecule has 1 aliphatic rings. The first kappa shape index (κ1) is 23.3. The number of guanidine groups is 1. The van der Waals surface area contributed by atoms with Gasteiger partial charge in [0.1, 0.15) is 12.4 Å². The number of hydrogen-bond donors (Lipinski definition) is 1. The molecule has 1 fully saturated rings. The molecule has 0 spiro atoms. The summed E-state index contributed by atoms with van der Waals surface area (Å²) >= 11 is 0. The van der Waals surface area contributed by atoms with Gasteiger partial charge in [0, 0.05) is 58.6 Å². The van der Waals surface area contributed by atoms with Crippen molar-refractivity contribution in [2.75, 3.05) is 64.4 Å². The van der Waals surface area contributed by atoms with Crippen LogP contribution in [0.2, 0.25) is 0 Å². The summed E-state index contributed by atoms with van der Waals surface area (Å²) in [4.78, 5) is 31.9. The third kappa shape index (κ3) is 7.11. The Morgan fingerprint density at radius 1 is 1.12 bits per heavy atom. The SMILES string of the molecule is CCNC(=NCCC(=O)N1CCN(c2ncccn2)CC1)N(C)CCOc1ccccc1. The molecule has 9 heteroatoms. The summed E-state index contributed by atoms with van der Waals surface area (Å²) < 4.78 is 5.77. The number of carbonyl (C=O) groups excluding carboxylic acids is 1. The van der Waals surface area contributed by atoms with Gasteiger partial charge in [0.25, 0.3) is 0 Å². The van der Waals surface area contributed by atoms with Crippen LogP contribution in [0, 0.1) is 0 Å². The number of carbonyl (C=O) groups is 1. The lowest BCUT2D eigenvalue weighted by Gasteiger charge is -2.34. The highest BCUT2D eigenvalue weighted by Gasteiger charge is 2.22. The molecule has 1 aromatic carbocycles. The van der Waals surface area contributed by atoms with Gasteiger partial charge in [0.2, 0.25) is 11.9 Å². The highest BCUT2D eigenvalue weighted by Crippen LogP contribution is 2.11. The molecule has 1 aromatic heterocycles. The molecule has 0 atom stereocenters. The summed E-state index contributed by atoms with van der Waals surface area (Å²) in [6.07, 6.45) is 3.88. The zero-order chi connectivity index (χ0) is 22.6. The van der Waals surface area contributed by atoms with Crippen molar-refractivity contribution in [3.63, 3.8) is 0 Å². The third-order valence-electron chi connectivity index (χ3n) is 5.19. The minimum absolute atomic E-state index is 0.133. The van der Waals surface area contributed by atoms with Crippen molar-refractivity contribution in [1.29, 1.82) is 0 Å². The molecule has 2 heterocycles. The molecule has 1 N–H and O–H groups in total. The van der Waals surface area contributed by atoms with Gasteiger partial charge in [-0.15, -0.1) is 0 Å². The van der Waals surface area contributed by atoms with E-state index in [1.54, 1.807) is 18.5 Å². The van der Waals surface area contributed by atoms with Crippen LogP contribution in [0.25, 0.3) is 0 Å². The van der Waals surface area contributed by atoms with E-state index in [4.69, 9.17) is 4.74 Å². The number of ether oxygens (including phenoxy) is 1. The summed E-state index contributed by atoms with van der Waals surface area (Å²) in [6.45, 7) is 7.34. The molecular formula is C23H33N7O2. The number of para-hydroxylation sites is 1. The Morgan fingerprint density at radius 2 is 1.84 bits per heavy atom. The van der Waals surface area contributed by atoms with Crippen molar-refractivity contribution in [1.82, 2.24) is 25.1 Å². The van der Waals surface area contributed by atoms with E-state index < -0.39 is 0 Å². The van der Waals surface area contributed by atoms with Crippen LogP contribution < -0.4 is 15.0 Å². The van der Waals surface area contributed by atoms with Crippen LogP contribution >= 0.6 is 0 Å². The first-order chi connectivity index (χ1) is 15.7. The molecule has 172 valence electrons. The third-order valence-corrected chi connectivity index (χ3v) is 5.19. The highest BCUT2D eigenvalue weighted by molar-refractivity contribution is 5.81. The summed E-state index contributed by atoms with van der Waals surface area (Å²) in [5.41, 5.74) is 0. The van der Waals surface area contributed by atoms with Gasteiger partial charge in [-0.2, -0.15) is 0 Å². The van der Waals surface area contributed by atoms with Gasteiger partial charge in [-0.25, -0.2) is 9.97 Å². The van der Waals surface area contributed by atoms with E-state index in [0.29, 0.717) is 39.2 Å². The fraction of sp³-hybridized carbons (Fsp3) is 0.478. The largest absolute Gasteiger partial charge is 0.492 e. The quantitative estimate of drug-likeness (QED) is 0.468. The van der Waals surface area contributed by atoms with Gasteiger partial charge >= 0.3 is 0 Å². The zero-order valence-electron chi connectivity index (χ0n) is 19.0. The van der Waals surface area contributed by atoms with Crippen molar-refractivity contribution < 1.29 is 9.53 Å². The second kappa shape index (κ2) is 12.5. The number of likely N-dealkylation sites (N-methyl/N-ethyl adjacent to an activating group) is 1. The van der Waals surface area contributed by atoms with E-state index in [9.17, 15) is 4.79 Å². The van der Waals surface area contributed by atoms with E-state index in [0.717, 1.165) is 37.3 Å². The summed E-state index contributed by atoms with van der Waals surface area (Å²) in [5.74, 6) is 2.49. The molecule has 0 saturated carbocycles. The number of benzene rings is 1. The van der Waals surface area contributed by atoms with Crippen molar-refractivity contribution in [2.24, 2.45) is 4.99 Å². The monoisotopic (exact) mass is 439 g/mol. The van der Waals surface area contributed by atoms with E-state index in [2.05, 4.69) is 25.2 Å². The minimum atomic E-state index is 0.133.